The standard InChI is InChI=1S/C19H32N4O3/c1-15(14-17(24)20-16-10-6-3-2-4-7-11-16)21-22-18(25)19(26)23-12-8-5-9-13-23/h16H,2-14H2,1H3,(H,20,24)(H,22,25)/b21-15+. The molecule has 2 aliphatic rings. The van der Waals surface area contributed by atoms with Crippen LogP contribution in [0.15, 0.2) is 5.10 Å². The van der Waals surface area contributed by atoms with Gasteiger partial charge in [-0.1, -0.05) is 32.1 Å². The molecule has 0 aromatic rings. The maximum absolute atomic E-state index is 12.2. The van der Waals surface area contributed by atoms with Crippen molar-refractivity contribution in [1.29, 1.82) is 0 Å². The maximum Gasteiger partial charge on any atom is 0.329 e. The minimum absolute atomic E-state index is 0.0755. The summed E-state index contributed by atoms with van der Waals surface area (Å²) in [4.78, 5) is 37.7. The molecule has 0 unspecified atom stereocenters. The van der Waals surface area contributed by atoms with Gasteiger partial charge in [-0.05, 0) is 39.0 Å². The molecule has 2 fully saturated rings. The first-order valence-electron chi connectivity index (χ1n) is 9.98. The second-order valence-corrected chi connectivity index (χ2v) is 7.43. The number of amides is 3. The number of hydrogen-bond donors (Lipinski definition) is 2. The van der Waals surface area contributed by atoms with Gasteiger partial charge in [-0.15, -0.1) is 0 Å². The second kappa shape index (κ2) is 10.9. The minimum Gasteiger partial charge on any atom is -0.353 e. The van der Waals surface area contributed by atoms with Crippen LogP contribution in [0.25, 0.3) is 0 Å². The predicted octanol–water partition coefficient (Wildman–Crippen LogP) is 2.11. The first kappa shape index (κ1) is 20.4. The van der Waals surface area contributed by atoms with Gasteiger partial charge in [0.15, 0.2) is 0 Å². The third kappa shape index (κ3) is 7.14. The molecule has 7 nitrogen and oxygen atoms in total. The lowest BCUT2D eigenvalue weighted by atomic mass is 9.96. The number of piperidine rings is 1. The Labute approximate surface area is 156 Å². The molecule has 146 valence electrons. The zero-order chi connectivity index (χ0) is 18.8. The molecule has 26 heavy (non-hydrogen) atoms. The molecule has 1 saturated carbocycles. The summed E-state index contributed by atoms with van der Waals surface area (Å²) in [6, 6.07) is 0.242. The van der Waals surface area contributed by atoms with Crippen LogP contribution in [0.3, 0.4) is 0 Å². The molecular weight excluding hydrogens is 332 g/mol. The topological polar surface area (TPSA) is 90.9 Å². The average molecular weight is 364 g/mol. The third-order valence-corrected chi connectivity index (χ3v) is 5.07. The number of nitrogens with one attached hydrogen (secondary N) is 2. The van der Waals surface area contributed by atoms with Crippen LogP contribution in [0.5, 0.6) is 0 Å². The highest BCUT2D eigenvalue weighted by atomic mass is 16.2. The zero-order valence-electron chi connectivity index (χ0n) is 15.9. The van der Waals surface area contributed by atoms with Crippen molar-refractivity contribution in [2.24, 2.45) is 5.10 Å². The van der Waals surface area contributed by atoms with Gasteiger partial charge in [0.2, 0.25) is 5.91 Å². The first-order valence-corrected chi connectivity index (χ1v) is 9.98. The summed E-state index contributed by atoms with van der Waals surface area (Å²) in [5.74, 6) is -1.35. The minimum atomic E-state index is -0.730. The van der Waals surface area contributed by atoms with E-state index in [2.05, 4.69) is 15.8 Å². The van der Waals surface area contributed by atoms with Crippen molar-refractivity contribution in [3.05, 3.63) is 0 Å². The molecule has 1 aliphatic heterocycles. The number of rotatable bonds is 4. The Hall–Kier alpha value is -1.92. The number of carbonyl (C=O) groups is 3. The van der Waals surface area contributed by atoms with E-state index in [-0.39, 0.29) is 18.4 Å². The van der Waals surface area contributed by atoms with Crippen LogP contribution in [-0.4, -0.2) is 47.5 Å². The number of hydrazone groups is 1. The van der Waals surface area contributed by atoms with E-state index in [1.54, 1.807) is 11.8 Å². The van der Waals surface area contributed by atoms with Crippen molar-refractivity contribution in [3.63, 3.8) is 0 Å². The number of hydrogen-bond acceptors (Lipinski definition) is 4. The molecule has 1 saturated heterocycles. The van der Waals surface area contributed by atoms with Gasteiger partial charge >= 0.3 is 11.8 Å². The molecule has 1 aliphatic carbocycles. The smallest absolute Gasteiger partial charge is 0.329 e. The Morgan fingerprint density at radius 1 is 0.923 bits per heavy atom. The molecule has 1 heterocycles. The van der Waals surface area contributed by atoms with Gasteiger partial charge < -0.3 is 10.2 Å². The Balaban J connectivity index is 1.72. The molecule has 0 spiro atoms. The van der Waals surface area contributed by atoms with E-state index < -0.39 is 11.8 Å². The van der Waals surface area contributed by atoms with E-state index in [1.807, 2.05) is 0 Å². The summed E-state index contributed by atoms with van der Waals surface area (Å²) in [6.45, 7) is 2.93. The van der Waals surface area contributed by atoms with Crippen LogP contribution in [0.1, 0.15) is 77.6 Å². The van der Waals surface area contributed by atoms with Gasteiger partial charge in [-0.3, -0.25) is 14.4 Å². The monoisotopic (exact) mass is 364 g/mol. The SMILES string of the molecule is C/C(CC(=O)NC1CCCCCCC1)=N\NC(=O)C(=O)N1CCCCC1. The van der Waals surface area contributed by atoms with Crippen molar-refractivity contribution in [1.82, 2.24) is 15.6 Å². The largest absolute Gasteiger partial charge is 0.353 e. The van der Waals surface area contributed by atoms with Crippen molar-refractivity contribution in [3.8, 4) is 0 Å². The number of likely N-dealkylation sites (tertiary alicyclic amines) is 1. The third-order valence-electron chi connectivity index (χ3n) is 5.07. The molecular formula is C19H32N4O3. The fraction of sp³-hybridized carbons (Fsp3) is 0.789. The van der Waals surface area contributed by atoms with Crippen LogP contribution >= 0.6 is 0 Å². The van der Waals surface area contributed by atoms with E-state index in [9.17, 15) is 14.4 Å². The molecule has 0 aromatic heterocycles. The number of carbonyl (C=O) groups excluding carboxylic acids is 3. The Bertz CT molecular complexity index is 519. The van der Waals surface area contributed by atoms with Crippen molar-refractivity contribution in [2.75, 3.05) is 13.1 Å². The van der Waals surface area contributed by atoms with E-state index in [4.69, 9.17) is 0 Å². The Morgan fingerprint density at radius 3 is 2.15 bits per heavy atom. The summed E-state index contributed by atoms with van der Waals surface area (Å²) in [6.07, 6.45) is 11.3. The first-order chi connectivity index (χ1) is 12.6. The summed E-state index contributed by atoms with van der Waals surface area (Å²) >= 11 is 0. The van der Waals surface area contributed by atoms with E-state index in [1.165, 1.54) is 19.3 Å². The second-order valence-electron chi connectivity index (χ2n) is 7.43. The van der Waals surface area contributed by atoms with Crippen LogP contribution in [0.2, 0.25) is 0 Å². The summed E-state index contributed by atoms with van der Waals surface area (Å²) in [7, 11) is 0. The highest BCUT2D eigenvalue weighted by molar-refractivity contribution is 6.35. The normalized spacial score (nSPS) is 20.0. The fourth-order valence-electron chi connectivity index (χ4n) is 3.59. The van der Waals surface area contributed by atoms with Crippen LogP contribution < -0.4 is 10.7 Å². The highest BCUT2D eigenvalue weighted by Crippen LogP contribution is 2.17. The lowest BCUT2D eigenvalue weighted by molar-refractivity contribution is -0.146. The average Bonchev–Trinajstić information content (AvgIpc) is 2.62. The van der Waals surface area contributed by atoms with Gasteiger partial charge in [0.25, 0.3) is 0 Å². The maximum atomic E-state index is 12.2. The van der Waals surface area contributed by atoms with E-state index >= 15 is 0 Å². The molecule has 3 amide bonds. The quantitative estimate of drug-likeness (QED) is 0.455. The lowest BCUT2D eigenvalue weighted by Crippen LogP contribution is -2.44. The summed E-state index contributed by atoms with van der Waals surface area (Å²) < 4.78 is 0. The van der Waals surface area contributed by atoms with Gasteiger partial charge in [-0.25, -0.2) is 5.43 Å². The summed E-state index contributed by atoms with van der Waals surface area (Å²) in [5.41, 5.74) is 2.78. The molecule has 0 aromatic carbocycles. The van der Waals surface area contributed by atoms with Crippen LogP contribution in [-0.2, 0) is 14.4 Å². The van der Waals surface area contributed by atoms with Crippen LogP contribution in [0.4, 0.5) is 0 Å². The highest BCUT2D eigenvalue weighted by Gasteiger charge is 2.23. The van der Waals surface area contributed by atoms with Crippen molar-refractivity contribution < 1.29 is 14.4 Å². The lowest BCUT2D eigenvalue weighted by Gasteiger charge is -2.25. The molecule has 0 atom stereocenters. The van der Waals surface area contributed by atoms with Crippen LogP contribution in [0, 0.1) is 0 Å². The van der Waals surface area contributed by atoms with Crippen molar-refractivity contribution >= 4 is 23.4 Å². The van der Waals surface area contributed by atoms with Gasteiger partial charge in [0, 0.05) is 24.8 Å². The Morgan fingerprint density at radius 2 is 1.50 bits per heavy atom. The van der Waals surface area contributed by atoms with E-state index in [0.29, 0.717) is 18.8 Å². The number of nitrogens with zero attached hydrogens (tertiary/aromatic N) is 2. The van der Waals surface area contributed by atoms with Gasteiger partial charge in [-0.2, -0.15) is 5.10 Å². The molecule has 0 bridgehead atoms. The molecule has 7 heteroatoms. The summed E-state index contributed by atoms with van der Waals surface area (Å²) in [5, 5.41) is 6.99. The van der Waals surface area contributed by atoms with Gasteiger partial charge in [0.05, 0.1) is 6.42 Å². The van der Waals surface area contributed by atoms with Crippen molar-refractivity contribution in [2.45, 2.75) is 83.6 Å². The fourth-order valence-corrected chi connectivity index (χ4v) is 3.59. The molecule has 0 radical (unpaired) electrons. The molecule has 2 rings (SSSR count). The Kier molecular flexibility index (Phi) is 8.58. The van der Waals surface area contributed by atoms with E-state index in [0.717, 1.165) is 44.9 Å². The zero-order valence-corrected chi connectivity index (χ0v) is 15.9. The van der Waals surface area contributed by atoms with Gasteiger partial charge in [0.1, 0.15) is 0 Å². The predicted molar refractivity (Wildman–Crippen MR) is 101 cm³/mol. The molecule has 2 N–H and O–H groups in total.